The Morgan fingerprint density at radius 3 is 2.46 bits per heavy atom. The number of thiazole rings is 1. The Labute approximate surface area is 240 Å². The summed E-state index contributed by atoms with van der Waals surface area (Å²) in [6.45, 7) is 5.97. The number of hydrogen-bond donors (Lipinski definition) is 3. The summed E-state index contributed by atoms with van der Waals surface area (Å²) in [4.78, 5) is 13.2. The molecule has 0 bridgehead atoms. The zero-order valence-electron chi connectivity index (χ0n) is 22.5. The molecule has 0 aliphatic rings. The summed E-state index contributed by atoms with van der Waals surface area (Å²) >= 11 is 1.06. The van der Waals surface area contributed by atoms with Crippen molar-refractivity contribution in [3.05, 3.63) is 84.3 Å². The molecular formula is C29H27N7O3S2. The molecule has 0 fully saturated rings. The van der Waals surface area contributed by atoms with Gasteiger partial charge in [-0.05, 0) is 68.8 Å². The second-order valence-corrected chi connectivity index (χ2v) is 13.1. The van der Waals surface area contributed by atoms with Gasteiger partial charge < -0.3 is 10.4 Å². The first-order valence-corrected chi connectivity index (χ1v) is 15.2. The van der Waals surface area contributed by atoms with E-state index >= 15 is 0 Å². The first-order chi connectivity index (χ1) is 19.6. The Bertz CT molecular complexity index is 1980. The zero-order chi connectivity index (χ0) is 28.8. The molecule has 4 heterocycles. The maximum Gasteiger partial charge on any atom is 0.289 e. The standard InChI is InChI=1S/C29H27N7O3S2/c1-18-22(8-9-25-24(18)16-33-36(25)17-29(2,3)37)27-23-14-26(32-15-19(23)10-11-30-27)34-20-4-6-21(7-5-20)35-41(38,39)28-31-12-13-40-28/h4-16,35,37H,17H2,1-3H3,(H,32,34). The van der Waals surface area contributed by atoms with E-state index < -0.39 is 15.6 Å². The average Bonchev–Trinajstić information content (AvgIpc) is 3.61. The highest BCUT2D eigenvalue weighted by Gasteiger charge is 2.19. The van der Waals surface area contributed by atoms with E-state index in [1.165, 1.54) is 6.20 Å². The van der Waals surface area contributed by atoms with Crippen LogP contribution in [0.25, 0.3) is 32.9 Å². The van der Waals surface area contributed by atoms with Crippen molar-refractivity contribution in [1.29, 1.82) is 0 Å². The normalized spacial score (nSPS) is 12.2. The maximum absolute atomic E-state index is 12.5. The molecule has 41 heavy (non-hydrogen) atoms. The molecule has 2 aromatic carbocycles. The van der Waals surface area contributed by atoms with Crippen LogP contribution in [0.4, 0.5) is 17.2 Å². The third-order valence-corrected chi connectivity index (χ3v) is 9.17. The highest BCUT2D eigenvalue weighted by molar-refractivity contribution is 7.94. The van der Waals surface area contributed by atoms with Crippen molar-refractivity contribution in [3.63, 3.8) is 0 Å². The number of sulfonamides is 1. The molecule has 208 valence electrons. The number of rotatable bonds is 8. The summed E-state index contributed by atoms with van der Waals surface area (Å²) in [5, 5.41) is 22.6. The fraction of sp³-hybridized carbons (Fsp3) is 0.172. The topological polar surface area (TPSA) is 135 Å². The van der Waals surface area contributed by atoms with E-state index in [9.17, 15) is 13.5 Å². The number of nitrogens with zero attached hydrogens (tertiary/aromatic N) is 5. The minimum absolute atomic E-state index is 0.0156. The van der Waals surface area contributed by atoms with Gasteiger partial charge in [0, 0.05) is 57.1 Å². The van der Waals surface area contributed by atoms with Gasteiger partial charge in [0.05, 0.1) is 29.6 Å². The van der Waals surface area contributed by atoms with Gasteiger partial charge in [-0.1, -0.05) is 6.07 Å². The SMILES string of the molecule is Cc1c(-c2nccc3cnc(Nc4ccc(NS(=O)(=O)c5nccs5)cc4)cc23)ccc2c1cnn2CC(C)(C)O. The molecule has 10 nitrogen and oxygen atoms in total. The average molecular weight is 586 g/mol. The Morgan fingerprint density at radius 1 is 0.951 bits per heavy atom. The van der Waals surface area contributed by atoms with Crippen molar-refractivity contribution in [1.82, 2.24) is 24.7 Å². The van der Waals surface area contributed by atoms with Crippen molar-refractivity contribution in [2.75, 3.05) is 10.0 Å². The van der Waals surface area contributed by atoms with Gasteiger partial charge in [0.1, 0.15) is 5.82 Å². The van der Waals surface area contributed by atoms with Crippen molar-refractivity contribution < 1.29 is 13.5 Å². The molecule has 4 aromatic heterocycles. The number of nitrogens with one attached hydrogen (secondary N) is 2. The predicted octanol–water partition coefficient (Wildman–Crippen LogP) is 5.73. The second kappa shape index (κ2) is 10.2. The lowest BCUT2D eigenvalue weighted by atomic mass is 9.98. The summed E-state index contributed by atoms with van der Waals surface area (Å²) in [7, 11) is -3.72. The maximum atomic E-state index is 12.5. The van der Waals surface area contributed by atoms with Gasteiger partial charge in [-0.3, -0.25) is 14.4 Å². The van der Waals surface area contributed by atoms with Crippen LogP contribution >= 0.6 is 11.3 Å². The van der Waals surface area contributed by atoms with Crippen LogP contribution in [0.15, 0.2) is 83.0 Å². The van der Waals surface area contributed by atoms with Gasteiger partial charge in [-0.25, -0.2) is 9.97 Å². The van der Waals surface area contributed by atoms with Crippen LogP contribution in [0.2, 0.25) is 0 Å². The van der Waals surface area contributed by atoms with Gasteiger partial charge in [0.25, 0.3) is 10.0 Å². The Balaban J connectivity index is 1.29. The summed E-state index contributed by atoms with van der Waals surface area (Å²) < 4.78 is 29.3. The molecule has 0 spiro atoms. The molecule has 0 aliphatic carbocycles. The van der Waals surface area contributed by atoms with Crippen LogP contribution < -0.4 is 10.0 Å². The van der Waals surface area contributed by atoms with Crippen LogP contribution in [0, 0.1) is 6.92 Å². The molecular weight excluding hydrogens is 558 g/mol. The lowest BCUT2D eigenvalue weighted by Crippen LogP contribution is -2.26. The van der Waals surface area contributed by atoms with Crippen LogP contribution in [-0.2, 0) is 16.6 Å². The van der Waals surface area contributed by atoms with Crippen LogP contribution in [0.5, 0.6) is 0 Å². The van der Waals surface area contributed by atoms with E-state index in [0.717, 1.165) is 55.5 Å². The molecule has 3 N–H and O–H groups in total. The molecule has 0 amide bonds. The fourth-order valence-corrected chi connectivity index (χ4v) is 6.59. The third kappa shape index (κ3) is 5.49. The largest absolute Gasteiger partial charge is 0.389 e. The van der Waals surface area contributed by atoms with Gasteiger partial charge in [0.15, 0.2) is 0 Å². The minimum Gasteiger partial charge on any atom is -0.389 e. The first kappa shape index (κ1) is 26.8. The molecule has 0 aliphatic heterocycles. The van der Waals surface area contributed by atoms with Crippen molar-refractivity contribution in [2.24, 2.45) is 0 Å². The number of aromatic nitrogens is 5. The van der Waals surface area contributed by atoms with E-state index in [1.54, 1.807) is 55.9 Å². The molecule has 0 atom stereocenters. The van der Waals surface area contributed by atoms with Crippen LogP contribution in [0.3, 0.4) is 0 Å². The smallest absolute Gasteiger partial charge is 0.289 e. The monoisotopic (exact) mass is 585 g/mol. The number of benzene rings is 2. The molecule has 0 saturated heterocycles. The van der Waals surface area contributed by atoms with Gasteiger partial charge >= 0.3 is 0 Å². The summed E-state index contributed by atoms with van der Waals surface area (Å²) in [5.41, 5.74) is 4.11. The Kier molecular flexibility index (Phi) is 6.68. The summed E-state index contributed by atoms with van der Waals surface area (Å²) in [5.74, 6) is 0.625. The van der Waals surface area contributed by atoms with E-state index in [4.69, 9.17) is 4.98 Å². The van der Waals surface area contributed by atoms with E-state index in [1.807, 2.05) is 35.1 Å². The molecule has 0 saturated carbocycles. The lowest BCUT2D eigenvalue weighted by Gasteiger charge is -2.18. The lowest BCUT2D eigenvalue weighted by molar-refractivity contribution is 0.0591. The zero-order valence-corrected chi connectivity index (χ0v) is 24.2. The summed E-state index contributed by atoms with van der Waals surface area (Å²) in [6, 6.07) is 14.9. The molecule has 12 heteroatoms. The first-order valence-electron chi connectivity index (χ1n) is 12.8. The number of hydrogen-bond acceptors (Lipinski definition) is 9. The number of fused-ring (bicyclic) bond motifs is 2. The number of aliphatic hydroxyl groups is 1. The van der Waals surface area contributed by atoms with Crippen LogP contribution in [0.1, 0.15) is 19.4 Å². The Morgan fingerprint density at radius 2 is 1.73 bits per heavy atom. The Hall–Kier alpha value is -4.39. The second-order valence-electron chi connectivity index (χ2n) is 10.3. The van der Waals surface area contributed by atoms with E-state index in [-0.39, 0.29) is 4.34 Å². The molecule has 6 rings (SSSR count). The quantitative estimate of drug-likeness (QED) is 0.206. The predicted molar refractivity (Wildman–Crippen MR) is 162 cm³/mol. The molecule has 0 radical (unpaired) electrons. The van der Waals surface area contributed by atoms with Crippen molar-refractivity contribution in [3.8, 4) is 11.3 Å². The molecule has 0 unspecified atom stereocenters. The molecule has 6 aromatic rings. The van der Waals surface area contributed by atoms with E-state index in [2.05, 4.69) is 32.0 Å². The van der Waals surface area contributed by atoms with Crippen molar-refractivity contribution in [2.45, 2.75) is 37.3 Å². The van der Waals surface area contributed by atoms with Crippen molar-refractivity contribution >= 4 is 60.2 Å². The number of aryl methyl sites for hydroxylation is 1. The minimum atomic E-state index is -3.72. The van der Waals surface area contributed by atoms with Gasteiger partial charge in [-0.15, -0.1) is 11.3 Å². The summed E-state index contributed by atoms with van der Waals surface area (Å²) in [6.07, 6.45) is 6.87. The van der Waals surface area contributed by atoms with Crippen LogP contribution in [-0.4, -0.2) is 43.9 Å². The van der Waals surface area contributed by atoms with Gasteiger partial charge in [-0.2, -0.15) is 13.5 Å². The highest BCUT2D eigenvalue weighted by Crippen LogP contribution is 2.34. The van der Waals surface area contributed by atoms with E-state index in [0.29, 0.717) is 18.1 Å². The number of pyridine rings is 2. The third-order valence-electron chi connectivity index (χ3n) is 6.58. The van der Waals surface area contributed by atoms with Gasteiger partial charge in [0.2, 0.25) is 4.34 Å². The number of anilines is 3. The fourth-order valence-electron chi connectivity index (χ4n) is 4.70. The highest BCUT2D eigenvalue weighted by atomic mass is 32.2.